The van der Waals surface area contributed by atoms with Crippen molar-refractivity contribution < 1.29 is 23.0 Å². The van der Waals surface area contributed by atoms with E-state index in [-0.39, 0.29) is 41.1 Å². The summed E-state index contributed by atoms with van der Waals surface area (Å²) in [5.41, 5.74) is 8.35. The fraction of sp³-hybridized carbons (Fsp3) is 0.357. The lowest BCUT2D eigenvalue weighted by Crippen LogP contribution is -2.62. The SMILES string of the molecule is COC(=O)NC1C(C)CN(c2ccncc2Nc2ncc3ccc(-c4c(F)cc(OC(C)C)cc4F)nn23)CC1N. The van der Waals surface area contributed by atoms with Crippen LogP contribution in [0.25, 0.3) is 16.8 Å². The Morgan fingerprint density at radius 1 is 1.15 bits per heavy atom. The van der Waals surface area contributed by atoms with Gasteiger partial charge in [0.2, 0.25) is 5.95 Å². The minimum atomic E-state index is -0.785. The highest BCUT2D eigenvalue weighted by Crippen LogP contribution is 2.33. The molecule has 3 atom stereocenters. The number of halogens is 2. The van der Waals surface area contributed by atoms with Gasteiger partial charge in [0.05, 0.1) is 59.8 Å². The van der Waals surface area contributed by atoms with Crippen LogP contribution in [-0.2, 0) is 4.74 Å². The summed E-state index contributed by atoms with van der Waals surface area (Å²) in [7, 11) is 1.32. The van der Waals surface area contributed by atoms with Crippen LogP contribution in [0.5, 0.6) is 5.75 Å². The molecular formula is C28H32F2N8O3. The lowest BCUT2D eigenvalue weighted by molar-refractivity contribution is 0.156. The van der Waals surface area contributed by atoms with Crippen LogP contribution in [0.3, 0.4) is 0 Å². The number of piperidine rings is 1. The quantitative estimate of drug-likeness (QED) is 0.302. The van der Waals surface area contributed by atoms with E-state index in [0.717, 1.165) is 17.8 Å². The van der Waals surface area contributed by atoms with Gasteiger partial charge < -0.3 is 30.7 Å². The number of carbonyl (C=O) groups is 1. The number of pyridine rings is 1. The molecule has 1 aliphatic rings. The number of imidazole rings is 1. The normalized spacial score (nSPS) is 18.9. The smallest absolute Gasteiger partial charge is 0.407 e. The first-order valence-corrected chi connectivity index (χ1v) is 13.2. The van der Waals surface area contributed by atoms with Crippen LogP contribution in [-0.4, -0.2) is 64.1 Å². The summed E-state index contributed by atoms with van der Waals surface area (Å²) in [5, 5.41) is 10.6. The highest BCUT2D eigenvalue weighted by atomic mass is 19.1. The van der Waals surface area contributed by atoms with Gasteiger partial charge in [0, 0.05) is 37.5 Å². The van der Waals surface area contributed by atoms with Crippen molar-refractivity contribution in [1.82, 2.24) is 24.9 Å². The molecule has 4 heterocycles. The Hall–Kier alpha value is -4.52. The van der Waals surface area contributed by atoms with Crippen molar-refractivity contribution in [2.24, 2.45) is 11.7 Å². The lowest BCUT2D eigenvalue weighted by Gasteiger charge is -2.42. The molecule has 0 saturated carbocycles. The van der Waals surface area contributed by atoms with Gasteiger partial charge in [-0.25, -0.2) is 18.6 Å². The number of nitrogens with one attached hydrogen (secondary N) is 2. The van der Waals surface area contributed by atoms with Gasteiger partial charge in [-0.1, -0.05) is 6.92 Å². The van der Waals surface area contributed by atoms with Gasteiger partial charge in [0.1, 0.15) is 17.4 Å². The monoisotopic (exact) mass is 566 g/mol. The second-order valence-corrected chi connectivity index (χ2v) is 10.3. The second kappa shape index (κ2) is 11.5. The fourth-order valence-electron chi connectivity index (χ4n) is 5.08. The molecule has 4 aromatic rings. The van der Waals surface area contributed by atoms with E-state index in [0.29, 0.717) is 30.2 Å². The fourth-order valence-corrected chi connectivity index (χ4v) is 5.08. The summed E-state index contributed by atoms with van der Waals surface area (Å²) < 4.78 is 41.7. The molecule has 0 radical (unpaired) electrons. The predicted molar refractivity (Wildman–Crippen MR) is 150 cm³/mol. The number of fused-ring (bicyclic) bond motifs is 1. The standard InChI is InChI=1S/C28H32F2N8O3/c1-15(2)41-18-9-19(29)25(20(30)10-18)22-6-5-17-11-33-27(38(17)36-22)34-23-12-32-8-7-24(23)37-13-16(3)26(21(31)14-37)35-28(39)40-4/h5-12,15-16,21,26H,13-14,31H2,1-4H3,(H,33,34)(H,35,39). The van der Waals surface area contributed by atoms with Crippen LogP contribution in [0.1, 0.15) is 20.8 Å². The largest absolute Gasteiger partial charge is 0.491 e. The zero-order valence-electron chi connectivity index (χ0n) is 23.1. The number of amides is 1. The Labute approximate surface area is 235 Å². The van der Waals surface area contributed by atoms with Crippen molar-refractivity contribution in [3.63, 3.8) is 0 Å². The molecule has 1 amide bonds. The molecule has 1 saturated heterocycles. The molecule has 3 aromatic heterocycles. The number of rotatable bonds is 7. The second-order valence-electron chi connectivity index (χ2n) is 10.3. The minimum absolute atomic E-state index is 0.0254. The van der Waals surface area contributed by atoms with Crippen molar-refractivity contribution in [3.05, 3.63) is 60.6 Å². The minimum Gasteiger partial charge on any atom is -0.491 e. The highest BCUT2D eigenvalue weighted by molar-refractivity contribution is 5.74. The number of hydrogen-bond acceptors (Lipinski definition) is 9. The molecule has 0 bridgehead atoms. The van der Waals surface area contributed by atoms with E-state index in [2.05, 4.69) is 30.6 Å². The maximum atomic E-state index is 15.0. The zero-order valence-corrected chi connectivity index (χ0v) is 23.1. The van der Waals surface area contributed by atoms with E-state index in [1.54, 1.807) is 38.5 Å². The molecule has 0 aliphatic carbocycles. The molecule has 3 unspecified atom stereocenters. The number of aromatic nitrogens is 4. The Morgan fingerprint density at radius 2 is 1.90 bits per heavy atom. The average molecular weight is 567 g/mol. The Morgan fingerprint density at radius 3 is 2.59 bits per heavy atom. The molecule has 5 rings (SSSR count). The van der Waals surface area contributed by atoms with Gasteiger partial charge in [-0.15, -0.1) is 0 Å². The number of alkyl carbamates (subject to hydrolysis) is 1. The van der Waals surface area contributed by atoms with E-state index in [9.17, 15) is 4.79 Å². The van der Waals surface area contributed by atoms with Crippen LogP contribution in [0.4, 0.5) is 30.9 Å². The number of methoxy groups -OCH3 is 1. The van der Waals surface area contributed by atoms with Gasteiger partial charge >= 0.3 is 6.09 Å². The summed E-state index contributed by atoms with van der Waals surface area (Å²) in [6.45, 7) is 6.64. The number of nitrogens with two attached hydrogens (primary N) is 1. The summed E-state index contributed by atoms with van der Waals surface area (Å²) >= 11 is 0. The summed E-state index contributed by atoms with van der Waals surface area (Å²) in [6, 6.07) is 6.78. The van der Waals surface area contributed by atoms with E-state index in [1.165, 1.54) is 17.7 Å². The molecule has 41 heavy (non-hydrogen) atoms. The van der Waals surface area contributed by atoms with E-state index < -0.39 is 17.7 Å². The van der Waals surface area contributed by atoms with E-state index in [4.69, 9.17) is 15.2 Å². The Balaban J connectivity index is 1.43. The van der Waals surface area contributed by atoms with Gasteiger partial charge in [-0.3, -0.25) is 4.98 Å². The summed E-state index contributed by atoms with van der Waals surface area (Å²) in [6.07, 6.45) is 4.18. The predicted octanol–water partition coefficient (Wildman–Crippen LogP) is 4.11. The molecule has 0 spiro atoms. The summed E-state index contributed by atoms with van der Waals surface area (Å²) in [4.78, 5) is 22.6. The first-order chi connectivity index (χ1) is 19.6. The van der Waals surface area contributed by atoms with E-state index in [1.807, 2.05) is 13.0 Å². The third-order valence-corrected chi connectivity index (χ3v) is 6.90. The van der Waals surface area contributed by atoms with Crippen molar-refractivity contribution in [2.45, 2.75) is 39.0 Å². The molecule has 4 N–H and O–H groups in total. The van der Waals surface area contributed by atoms with Gasteiger partial charge in [-0.05, 0) is 38.0 Å². The molecule has 1 fully saturated rings. The van der Waals surface area contributed by atoms with Crippen LogP contribution >= 0.6 is 0 Å². The number of anilines is 3. The molecular weight excluding hydrogens is 534 g/mol. The maximum absolute atomic E-state index is 15.0. The third-order valence-electron chi connectivity index (χ3n) is 6.90. The van der Waals surface area contributed by atoms with Crippen molar-refractivity contribution in [1.29, 1.82) is 0 Å². The molecule has 216 valence electrons. The first-order valence-electron chi connectivity index (χ1n) is 13.2. The lowest BCUT2D eigenvalue weighted by atomic mass is 9.90. The third kappa shape index (κ3) is 5.85. The van der Waals surface area contributed by atoms with Crippen LogP contribution in [0.15, 0.2) is 48.9 Å². The number of carbonyl (C=O) groups excluding carboxylic acids is 1. The molecule has 1 aliphatic heterocycles. The number of nitrogens with zero attached hydrogens (tertiary/aromatic N) is 5. The number of benzene rings is 1. The van der Waals surface area contributed by atoms with Crippen molar-refractivity contribution in [2.75, 3.05) is 30.4 Å². The Bertz CT molecular complexity index is 1530. The van der Waals surface area contributed by atoms with Crippen LogP contribution in [0, 0.1) is 17.6 Å². The molecule has 13 heteroatoms. The van der Waals surface area contributed by atoms with Gasteiger partial charge in [-0.2, -0.15) is 9.61 Å². The first kappa shape index (κ1) is 28.0. The van der Waals surface area contributed by atoms with Crippen molar-refractivity contribution in [3.8, 4) is 17.0 Å². The molecule has 1 aromatic carbocycles. The van der Waals surface area contributed by atoms with Crippen LogP contribution in [0.2, 0.25) is 0 Å². The van der Waals surface area contributed by atoms with E-state index >= 15 is 8.78 Å². The van der Waals surface area contributed by atoms with Gasteiger partial charge in [0.25, 0.3) is 0 Å². The number of hydrogen-bond donors (Lipinski definition) is 3. The average Bonchev–Trinajstić information content (AvgIpc) is 3.32. The topological polar surface area (TPSA) is 132 Å². The zero-order chi connectivity index (χ0) is 29.3. The van der Waals surface area contributed by atoms with Crippen LogP contribution < -0.4 is 26.0 Å². The van der Waals surface area contributed by atoms with Crippen molar-refractivity contribution >= 4 is 28.9 Å². The maximum Gasteiger partial charge on any atom is 0.407 e. The Kier molecular flexibility index (Phi) is 7.88. The summed E-state index contributed by atoms with van der Waals surface area (Å²) in [5.74, 6) is -1.11. The highest BCUT2D eigenvalue weighted by Gasteiger charge is 2.34. The van der Waals surface area contributed by atoms with Gasteiger partial charge in [0.15, 0.2) is 0 Å². The molecule has 11 nitrogen and oxygen atoms in total. The number of ether oxygens (including phenoxy) is 2.